The van der Waals surface area contributed by atoms with Gasteiger partial charge in [-0.15, -0.1) is 0 Å². The first kappa shape index (κ1) is 18.5. The zero-order chi connectivity index (χ0) is 18.9. The second kappa shape index (κ2) is 9.43. The smallest absolute Gasteiger partial charge is 0.258 e. The van der Waals surface area contributed by atoms with E-state index in [0.717, 1.165) is 16.9 Å². The van der Waals surface area contributed by atoms with Crippen LogP contribution in [0.2, 0.25) is 0 Å². The average Bonchev–Trinajstić information content (AvgIpc) is 2.72. The number of rotatable bonds is 8. The number of carbonyl (C=O) groups excluding carboxylic acids is 1. The molecule has 1 amide bonds. The highest BCUT2D eigenvalue weighted by Gasteiger charge is 2.03. The largest absolute Gasteiger partial charge is 0.492 e. The SMILES string of the molecule is Cc1ccc(OCCNC(=O)COc2ccc(-c3ccccc3)cc2)cc1. The monoisotopic (exact) mass is 361 g/mol. The molecule has 4 nitrogen and oxygen atoms in total. The third kappa shape index (κ3) is 5.89. The van der Waals surface area contributed by atoms with E-state index >= 15 is 0 Å². The molecule has 0 heterocycles. The fourth-order valence-electron chi connectivity index (χ4n) is 2.57. The Labute approximate surface area is 159 Å². The van der Waals surface area contributed by atoms with Crippen LogP contribution in [-0.4, -0.2) is 25.7 Å². The minimum Gasteiger partial charge on any atom is -0.492 e. The summed E-state index contributed by atoms with van der Waals surface area (Å²) in [5.74, 6) is 1.29. The van der Waals surface area contributed by atoms with E-state index in [4.69, 9.17) is 9.47 Å². The van der Waals surface area contributed by atoms with E-state index in [1.54, 1.807) is 0 Å². The summed E-state index contributed by atoms with van der Waals surface area (Å²) in [5, 5.41) is 2.78. The zero-order valence-corrected chi connectivity index (χ0v) is 15.4. The second-order valence-corrected chi connectivity index (χ2v) is 6.19. The van der Waals surface area contributed by atoms with Crippen LogP contribution in [0.5, 0.6) is 11.5 Å². The van der Waals surface area contributed by atoms with Crippen LogP contribution in [0.25, 0.3) is 11.1 Å². The Morgan fingerprint density at radius 3 is 2.07 bits per heavy atom. The summed E-state index contributed by atoms with van der Waals surface area (Å²) < 4.78 is 11.1. The Balaban J connectivity index is 1.37. The highest BCUT2D eigenvalue weighted by atomic mass is 16.5. The summed E-state index contributed by atoms with van der Waals surface area (Å²) in [6.07, 6.45) is 0. The Kier molecular flexibility index (Phi) is 6.47. The van der Waals surface area contributed by atoms with Gasteiger partial charge in [-0.05, 0) is 42.3 Å². The Bertz CT molecular complexity index is 843. The number of nitrogens with one attached hydrogen (secondary N) is 1. The van der Waals surface area contributed by atoms with Gasteiger partial charge in [-0.2, -0.15) is 0 Å². The summed E-state index contributed by atoms with van der Waals surface area (Å²) >= 11 is 0. The first-order valence-electron chi connectivity index (χ1n) is 8.95. The lowest BCUT2D eigenvalue weighted by Crippen LogP contribution is -2.32. The van der Waals surface area contributed by atoms with Gasteiger partial charge >= 0.3 is 0 Å². The Hall–Kier alpha value is -3.27. The summed E-state index contributed by atoms with van der Waals surface area (Å²) in [4.78, 5) is 11.9. The van der Waals surface area contributed by atoms with Gasteiger partial charge in [0.1, 0.15) is 18.1 Å². The summed E-state index contributed by atoms with van der Waals surface area (Å²) in [6.45, 7) is 2.86. The number of ether oxygens (including phenoxy) is 2. The van der Waals surface area contributed by atoms with Crippen molar-refractivity contribution in [3.63, 3.8) is 0 Å². The molecule has 3 aromatic rings. The van der Waals surface area contributed by atoms with Crippen molar-refractivity contribution in [1.29, 1.82) is 0 Å². The van der Waals surface area contributed by atoms with Crippen molar-refractivity contribution >= 4 is 5.91 Å². The molecule has 1 N–H and O–H groups in total. The fourth-order valence-corrected chi connectivity index (χ4v) is 2.57. The van der Waals surface area contributed by atoms with Gasteiger partial charge in [0.25, 0.3) is 5.91 Å². The zero-order valence-electron chi connectivity index (χ0n) is 15.4. The molecule has 0 bridgehead atoms. The molecule has 3 aromatic carbocycles. The summed E-state index contributed by atoms with van der Waals surface area (Å²) in [5.41, 5.74) is 3.45. The number of carbonyl (C=O) groups is 1. The maximum atomic E-state index is 11.9. The standard InChI is InChI=1S/C23H23NO3/c1-18-7-11-21(12-8-18)26-16-15-24-23(25)17-27-22-13-9-20(10-14-22)19-5-3-2-4-6-19/h2-14H,15-17H2,1H3,(H,24,25). The maximum absolute atomic E-state index is 11.9. The second-order valence-electron chi connectivity index (χ2n) is 6.19. The van der Waals surface area contributed by atoms with Gasteiger partial charge in [0.15, 0.2) is 6.61 Å². The molecular formula is C23H23NO3. The van der Waals surface area contributed by atoms with Crippen LogP contribution in [-0.2, 0) is 4.79 Å². The van der Waals surface area contributed by atoms with Crippen molar-refractivity contribution in [2.45, 2.75) is 6.92 Å². The molecular weight excluding hydrogens is 338 g/mol. The quantitative estimate of drug-likeness (QED) is 0.611. The van der Waals surface area contributed by atoms with Crippen LogP contribution in [0.1, 0.15) is 5.56 Å². The molecule has 0 aliphatic rings. The van der Waals surface area contributed by atoms with E-state index in [9.17, 15) is 4.79 Å². The van der Waals surface area contributed by atoms with Gasteiger partial charge < -0.3 is 14.8 Å². The van der Waals surface area contributed by atoms with Gasteiger partial charge in [-0.3, -0.25) is 4.79 Å². The van der Waals surface area contributed by atoms with Crippen molar-refractivity contribution < 1.29 is 14.3 Å². The number of amides is 1. The van der Waals surface area contributed by atoms with E-state index in [-0.39, 0.29) is 12.5 Å². The molecule has 4 heteroatoms. The highest BCUT2D eigenvalue weighted by molar-refractivity contribution is 5.77. The molecule has 0 fully saturated rings. The maximum Gasteiger partial charge on any atom is 0.258 e. The lowest BCUT2D eigenvalue weighted by Gasteiger charge is -2.09. The number of hydrogen-bond acceptors (Lipinski definition) is 3. The van der Waals surface area contributed by atoms with Crippen LogP contribution >= 0.6 is 0 Å². The number of benzene rings is 3. The average molecular weight is 361 g/mol. The first-order valence-corrected chi connectivity index (χ1v) is 8.95. The topological polar surface area (TPSA) is 47.6 Å². The lowest BCUT2D eigenvalue weighted by atomic mass is 10.1. The van der Waals surface area contributed by atoms with Gasteiger partial charge in [-0.1, -0.05) is 60.2 Å². The lowest BCUT2D eigenvalue weighted by molar-refractivity contribution is -0.123. The Morgan fingerprint density at radius 1 is 0.778 bits per heavy atom. The molecule has 0 aromatic heterocycles. The van der Waals surface area contributed by atoms with Crippen molar-refractivity contribution in [2.75, 3.05) is 19.8 Å². The Morgan fingerprint density at radius 2 is 1.37 bits per heavy atom. The van der Waals surface area contributed by atoms with Gasteiger partial charge in [0.05, 0.1) is 6.54 Å². The molecule has 0 aliphatic carbocycles. The molecule has 0 spiro atoms. The van der Waals surface area contributed by atoms with E-state index < -0.39 is 0 Å². The normalized spacial score (nSPS) is 10.3. The van der Waals surface area contributed by atoms with E-state index in [0.29, 0.717) is 18.9 Å². The van der Waals surface area contributed by atoms with Crippen LogP contribution < -0.4 is 14.8 Å². The van der Waals surface area contributed by atoms with E-state index in [2.05, 4.69) is 17.4 Å². The minimum atomic E-state index is -0.172. The van der Waals surface area contributed by atoms with Crippen LogP contribution in [0.4, 0.5) is 0 Å². The fraction of sp³-hybridized carbons (Fsp3) is 0.174. The first-order chi connectivity index (χ1) is 13.2. The van der Waals surface area contributed by atoms with Gasteiger partial charge in [0, 0.05) is 0 Å². The van der Waals surface area contributed by atoms with Crippen molar-refractivity contribution in [3.05, 3.63) is 84.4 Å². The van der Waals surface area contributed by atoms with Crippen molar-refractivity contribution in [3.8, 4) is 22.6 Å². The highest BCUT2D eigenvalue weighted by Crippen LogP contribution is 2.21. The van der Waals surface area contributed by atoms with Crippen molar-refractivity contribution in [1.82, 2.24) is 5.32 Å². The van der Waals surface area contributed by atoms with Crippen molar-refractivity contribution in [2.24, 2.45) is 0 Å². The van der Waals surface area contributed by atoms with Crippen LogP contribution in [0.3, 0.4) is 0 Å². The number of aryl methyl sites for hydroxylation is 1. The molecule has 0 atom stereocenters. The molecule has 27 heavy (non-hydrogen) atoms. The van der Waals surface area contributed by atoms with Gasteiger partial charge in [0.2, 0.25) is 0 Å². The van der Waals surface area contributed by atoms with Gasteiger partial charge in [-0.25, -0.2) is 0 Å². The molecule has 0 saturated heterocycles. The van der Waals surface area contributed by atoms with E-state index in [1.807, 2.05) is 73.7 Å². The third-order valence-electron chi connectivity index (χ3n) is 4.05. The molecule has 3 rings (SSSR count). The summed E-state index contributed by atoms with van der Waals surface area (Å²) in [6, 6.07) is 25.6. The molecule has 138 valence electrons. The predicted octanol–water partition coefficient (Wildman–Crippen LogP) is 4.24. The molecule has 0 radical (unpaired) electrons. The molecule has 0 saturated carbocycles. The van der Waals surface area contributed by atoms with Crippen LogP contribution in [0, 0.1) is 6.92 Å². The third-order valence-corrected chi connectivity index (χ3v) is 4.05. The molecule has 0 aliphatic heterocycles. The number of hydrogen-bond donors (Lipinski definition) is 1. The minimum absolute atomic E-state index is 0.0186. The predicted molar refractivity (Wildman–Crippen MR) is 107 cm³/mol. The van der Waals surface area contributed by atoms with E-state index in [1.165, 1.54) is 5.56 Å². The van der Waals surface area contributed by atoms with Crippen LogP contribution in [0.15, 0.2) is 78.9 Å². The summed E-state index contributed by atoms with van der Waals surface area (Å²) in [7, 11) is 0. The molecule has 0 unspecified atom stereocenters.